The fourth-order valence-corrected chi connectivity index (χ4v) is 5.81. The van der Waals surface area contributed by atoms with E-state index in [-0.39, 0.29) is 12.0 Å². The number of pyridine rings is 1. The molecule has 2 aliphatic rings. The number of piperazine rings is 1. The van der Waals surface area contributed by atoms with Crippen molar-refractivity contribution in [3.8, 4) is 17.1 Å². The van der Waals surface area contributed by atoms with E-state index in [4.69, 9.17) is 9.72 Å². The molecule has 214 valence electrons. The maximum Gasteiger partial charge on any atom is 0.270 e. The van der Waals surface area contributed by atoms with Gasteiger partial charge in [-0.05, 0) is 75.0 Å². The molecule has 0 radical (unpaired) electrons. The summed E-state index contributed by atoms with van der Waals surface area (Å²) >= 11 is 0. The monoisotopic (exact) mass is 553 g/mol. The third-order valence-corrected chi connectivity index (χ3v) is 8.30. The van der Waals surface area contributed by atoms with Gasteiger partial charge in [-0.3, -0.25) is 9.78 Å². The highest BCUT2D eigenvalue weighted by molar-refractivity contribution is 5.98. The Bertz CT molecular complexity index is 1480. The summed E-state index contributed by atoms with van der Waals surface area (Å²) in [5.74, 6) is 2.18. The van der Waals surface area contributed by atoms with E-state index in [0.29, 0.717) is 11.6 Å². The molecule has 1 saturated carbocycles. The number of hydrogen-bond donors (Lipinski definition) is 2. The molecule has 0 spiro atoms. The van der Waals surface area contributed by atoms with Crippen molar-refractivity contribution in [3.05, 3.63) is 60.6 Å². The number of anilines is 2. The molecule has 9 nitrogen and oxygen atoms in total. The lowest BCUT2D eigenvalue weighted by atomic mass is 9.91. The fraction of sp³-hybridized carbons (Fsp3) is 0.438. The first-order valence-corrected chi connectivity index (χ1v) is 14.8. The van der Waals surface area contributed by atoms with Gasteiger partial charge in [-0.2, -0.15) is 0 Å². The lowest BCUT2D eigenvalue weighted by Gasteiger charge is -2.32. The van der Waals surface area contributed by atoms with Gasteiger partial charge in [0.25, 0.3) is 5.91 Å². The summed E-state index contributed by atoms with van der Waals surface area (Å²) in [6.45, 7) is 5.63. The molecule has 4 heterocycles. The maximum atomic E-state index is 13.0. The van der Waals surface area contributed by atoms with E-state index in [1.54, 1.807) is 12.4 Å². The quantitative estimate of drug-likeness (QED) is 0.307. The van der Waals surface area contributed by atoms with Gasteiger partial charge >= 0.3 is 0 Å². The molecule has 4 aromatic rings. The number of nitrogens with zero attached hydrogens (tertiary/aromatic N) is 5. The normalized spacial score (nSPS) is 20.4. The van der Waals surface area contributed by atoms with Gasteiger partial charge in [0.1, 0.15) is 11.4 Å². The number of aromatic amines is 1. The Balaban J connectivity index is 1.13. The minimum atomic E-state index is 0.0442. The summed E-state index contributed by atoms with van der Waals surface area (Å²) in [7, 11) is 2.08. The topological polar surface area (TPSA) is 99.3 Å². The molecule has 9 heteroatoms. The average Bonchev–Trinajstić information content (AvgIpc) is 3.40. The Morgan fingerprint density at radius 1 is 0.927 bits per heavy atom. The number of likely N-dealkylation sites (N-methyl/N-ethyl adjacent to an activating group) is 1. The number of amides is 1. The third kappa shape index (κ3) is 6.68. The van der Waals surface area contributed by atoms with Crippen molar-refractivity contribution in [2.45, 2.75) is 51.6 Å². The lowest BCUT2D eigenvalue weighted by Crippen LogP contribution is -2.47. The molecule has 1 aromatic carbocycles. The highest BCUT2D eigenvalue weighted by Crippen LogP contribution is 2.28. The fourth-order valence-electron chi connectivity index (χ4n) is 5.81. The predicted molar refractivity (Wildman–Crippen MR) is 162 cm³/mol. The predicted octanol–water partition coefficient (Wildman–Crippen LogP) is 5.89. The smallest absolute Gasteiger partial charge is 0.270 e. The standard InChI is InChI=1S/C32H39N7O2/c1-22-5-3-7-25(8-4-6-22)41-26-11-13-33-29(21-26)28-12-14-34-32(37-28)35-24-9-10-27-23(19-24)20-30(36-27)31(40)39-17-15-38(2)16-18-39/h9-14,19-22,25,36H,3-8,15-18H2,1-2H3,(H,34,35,37)/t22-,25+. The first-order chi connectivity index (χ1) is 20.0. The second kappa shape index (κ2) is 12.3. The summed E-state index contributed by atoms with van der Waals surface area (Å²) < 4.78 is 6.39. The molecular weight excluding hydrogens is 514 g/mol. The van der Waals surface area contributed by atoms with Crippen LogP contribution in [0.2, 0.25) is 0 Å². The molecule has 41 heavy (non-hydrogen) atoms. The summed E-state index contributed by atoms with van der Waals surface area (Å²) in [5.41, 5.74) is 3.85. The van der Waals surface area contributed by atoms with Gasteiger partial charge in [0, 0.05) is 61.2 Å². The van der Waals surface area contributed by atoms with Crippen LogP contribution in [0.1, 0.15) is 55.9 Å². The van der Waals surface area contributed by atoms with Crippen LogP contribution in [-0.2, 0) is 0 Å². The number of aromatic nitrogens is 4. The van der Waals surface area contributed by atoms with Gasteiger partial charge in [0.2, 0.25) is 5.95 Å². The lowest BCUT2D eigenvalue weighted by molar-refractivity contribution is 0.0659. The Hall–Kier alpha value is -3.98. The van der Waals surface area contributed by atoms with Crippen LogP contribution in [0, 0.1) is 5.92 Å². The molecule has 2 fully saturated rings. The van der Waals surface area contributed by atoms with E-state index >= 15 is 0 Å². The second-order valence-electron chi connectivity index (χ2n) is 11.6. The van der Waals surface area contributed by atoms with Crippen LogP contribution >= 0.6 is 0 Å². The van der Waals surface area contributed by atoms with Crippen LogP contribution in [0.5, 0.6) is 5.75 Å². The summed E-state index contributed by atoms with van der Waals surface area (Å²) in [5, 5.41) is 4.27. The van der Waals surface area contributed by atoms with Crippen molar-refractivity contribution in [1.82, 2.24) is 29.7 Å². The first kappa shape index (κ1) is 27.2. The Labute approximate surface area is 241 Å². The zero-order chi connectivity index (χ0) is 28.2. The molecule has 3 aromatic heterocycles. The summed E-state index contributed by atoms with van der Waals surface area (Å²) in [6, 6.07) is 13.6. The molecule has 6 rings (SSSR count). The highest BCUT2D eigenvalue weighted by Gasteiger charge is 2.22. The minimum Gasteiger partial charge on any atom is -0.490 e. The Morgan fingerprint density at radius 3 is 2.51 bits per heavy atom. The van der Waals surface area contributed by atoms with Gasteiger partial charge in [0.05, 0.1) is 17.5 Å². The molecule has 1 amide bonds. The van der Waals surface area contributed by atoms with Crippen LogP contribution < -0.4 is 10.1 Å². The highest BCUT2D eigenvalue weighted by atomic mass is 16.5. The van der Waals surface area contributed by atoms with Crippen molar-refractivity contribution < 1.29 is 9.53 Å². The van der Waals surface area contributed by atoms with Crippen molar-refractivity contribution in [3.63, 3.8) is 0 Å². The molecule has 1 aliphatic carbocycles. The van der Waals surface area contributed by atoms with Crippen molar-refractivity contribution in [2.24, 2.45) is 5.92 Å². The van der Waals surface area contributed by atoms with E-state index in [9.17, 15) is 4.79 Å². The second-order valence-corrected chi connectivity index (χ2v) is 11.6. The number of hydrogen-bond acceptors (Lipinski definition) is 7. The molecule has 0 unspecified atom stereocenters. The zero-order valence-electron chi connectivity index (χ0n) is 24.0. The molecule has 1 aliphatic heterocycles. The third-order valence-electron chi connectivity index (χ3n) is 8.30. The number of nitrogens with one attached hydrogen (secondary N) is 2. The SMILES string of the molecule is CN1CCN(C(=O)c2cc3cc(Nc4nccc(-c5cc(O[C@H]6CCC[C@@H](C)CCC6)ccn5)n4)ccc3[nH]2)CC1. The van der Waals surface area contributed by atoms with Crippen LogP contribution in [-0.4, -0.2) is 75.0 Å². The minimum absolute atomic E-state index is 0.0442. The Morgan fingerprint density at radius 2 is 1.71 bits per heavy atom. The summed E-state index contributed by atoms with van der Waals surface area (Å²) in [4.78, 5) is 34.2. The van der Waals surface area contributed by atoms with E-state index in [1.807, 2.05) is 47.4 Å². The van der Waals surface area contributed by atoms with Gasteiger partial charge < -0.3 is 24.8 Å². The number of carbonyl (C=O) groups is 1. The number of carbonyl (C=O) groups excluding carboxylic acids is 1. The van der Waals surface area contributed by atoms with E-state index in [1.165, 1.54) is 25.7 Å². The molecule has 0 bridgehead atoms. The van der Waals surface area contributed by atoms with Crippen molar-refractivity contribution in [1.29, 1.82) is 0 Å². The summed E-state index contributed by atoms with van der Waals surface area (Å²) in [6.07, 6.45) is 11.0. The first-order valence-electron chi connectivity index (χ1n) is 14.8. The molecule has 0 atom stereocenters. The maximum absolute atomic E-state index is 13.0. The van der Waals surface area contributed by atoms with Gasteiger partial charge in [-0.15, -0.1) is 0 Å². The number of rotatable bonds is 6. The van der Waals surface area contributed by atoms with Crippen LogP contribution in [0.15, 0.2) is 54.9 Å². The largest absolute Gasteiger partial charge is 0.490 e. The number of ether oxygens (including phenoxy) is 1. The molecule has 1 saturated heterocycles. The number of benzene rings is 1. The molecular formula is C32H39N7O2. The number of fused-ring (bicyclic) bond motifs is 1. The Kier molecular flexibility index (Phi) is 8.14. The van der Waals surface area contributed by atoms with Gasteiger partial charge in [-0.1, -0.05) is 19.8 Å². The molecule has 2 N–H and O–H groups in total. The van der Waals surface area contributed by atoms with Crippen molar-refractivity contribution >= 4 is 28.4 Å². The van der Waals surface area contributed by atoms with Crippen molar-refractivity contribution in [2.75, 3.05) is 38.5 Å². The van der Waals surface area contributed by atoms with Crippen LogP contribution in [0.3, 0.4) is 0 Å². The van der Waals surface area contributed by atoms with Gasteiger partial charge in [-0.25, -0.2) is 9.97 Å². The van der Waals surface area contributed by atoms with E-state index in [2.05, 4.69) is 39.1 Å². The van der Waals surface area contributed by atoms with Crippen LogP contribution in [0.4, 0.5) is 11.6 Å². The van der Waals surface area contributed by atoms with Gasteiger partial charge in [0.15, 0.2) is 0 Å². The number of H-pyrrole nitrogens is 1. The van der Waals surface area contributed by atoms with E-state index in [0.717, 1.165) is 78.7 Å². The van der Waals surface area contributed by atoms with E-state index < -0.39 is 0 Å². The van der Waals surface area contributed by atoms with Crippen LogP contribution in [0.25, 0.3) is 22.3 Å². The zero-order valence-corrected chi connectivity index (χ0v) is 24.0. The average molecular weight is 554 g/mol.